The molecule has 0 heterocycles. The van der Waals surface area contributed by atoms with Crippen molar-refractivity contribution >= 4 is 0 Å². The first-order valence-corrected chi connectivity index (χ1v) is 5.32. The van der Waals surface area contributed by atoms with E-state index in [9.17, 15) is 0 Å². The summed E-state index contributed by atoms with van der Waals surface area (Å²) in [6.45, 7) is 2.85. The van der Waals surface area contributed by atoms with Gasteiger partial charge in [0, 0.05) is 12.6 Å². The molecule has 0 fully saturated rings. The summed E-state index contributed by atoms with van der Waals surface area (Å²) >= 11 is 0. The van der Waals surface area contributed by atoms with Gasteiger partial charge in [0.25, 0.3) is 0 Å². The van der Waals surface area contributed by atoms with Crippen LogP contribution in [0.5, 0.6) is 5.75 Å². The zero-order chi connectivity index (χ0) is 11.1. The zero-order valence-electron chi connectivity index (χ0n) is 9.36. The highest BCUT2D eigenvalue weighted by atomic mass is 16.5. The Morgan fingerprint density at radius 3 is 2.47 bits per heavy atom. The highest BCUT2D eigenvalue weighted by Gasteiger charge is 2.07. The first kappa shape index (κ1) is 12.0. The number of hydrogen-bond acceptors (Lipinski definition) is 3. The summed E-state index contributed by atoms with van der Waals surface area (Å²) in [6.07, 6.45) is 0.727. The molecule has 0 aliphatic heterocycles. The summed E-state index contributed by atoms with van der Waals surface area (Å²) in [5, 5.41) is 12.1. The first-order valence-electron chi connectivity index (χ1n) is 5.32. The Hall–Kier alpha value is -1.06. The van der Waals surface area contributed by atoms with Crippen LogP contribution in [0.25, 0.3) is 0 Å². The summed E-state index contributed by atoms with van der Waals surface area (Å²) in [7, 11) is 1.90. The second-order valence-electron chi connectivity index (χ2n) is 3.36. The fraction of sp³-hybridized carbons (Fsp3) is 0.500. The number of rotatable bonds is 6. The molecule has 1 atom stereocenters. The monoisotopic (exact) mass is 209 g/mol. The Morgan fingerprint density at radius 1 is 1.33 bits per heavy atom. The van der Waals surface area contributed by atoms with Crippen LogP contribution in [-0.2, 0) is 0 Å². The third-order valence-electron chi connectivity index (χ3n) is 2.36. The van der Waals surface area contributed by atoms with Crippen molar-refractivity contribution in [2.45, 2.75) is 19.4 Å². The predicted molar refractivity (Wildman–Crippen MR) is 61.1 cm³/mol. The van der Waals surface area contributed by atoms with E-state index in [2.05, 4.69) is 5.32 Å². The fourth-order valence-corrected chi connectivity index (χ4v) is 1.57. The number of aliphatic hydroxyl groups is 1. The van der Waals surface area contributed by atoms with Crippen LogP contribution in [0.3, 0.4) is 0 Å². The van der Waals surface area contributed by atoms with Crippen LogP contribution in [0, 0.1) is 0 Å². The van der Waals surface area contributed by atoms with E-state index >= 15 is 0 Å². The molecule has 1 aromatic carbocycles. The SMILES string of the molecule is CCOc1ccc(C(CCO)NC)cc1. The van der Waals surface area contributed by atoms with Gasteiger partial charge in [-0.2, -0.15) is 0 Å². The van der Waals surface area contributed by atoms with Gasteiger partial charge in [-0.25, -0.2) is 0 Å². The normalized spacial score (nSPS) is 12.5. The average molecular weight is 209 g/mol. The van der Waals surface area contributed by atoms with E-state index in [1.54, 1.807) is 0 Å². The molecule has 2 N–H and O–H groups in total. The predicted octanol–water partition coefficient (Wildman–Crippen LogP) is 1.73. The Balaban J connectivity index is 2.68. The smallest absolute Gasteiger partial charge is 0.119 e. The summed E-state index contributed by atoms with van der Waals surface area (Å²) in [4.78, 5) is 0. The molecule has 1 unspecified atom stereocenters. The van der Waals surface area contributed by atoms with Gasteiger partial charge in [-0.1, -0.05) is 12.1 Å². The molecule has 0 spiro atoms. The van der Waals surface area contributed by atoms with Crippen LogP contribution in [0.15, 0.2) is 24.3 Å². The summed E-state index contributed by atoms with van der Waals surface area (Å²) in [6, 6.07) is 8.19. The number of nitrogens with one attached hydrogen (secondary N) is 1. The Morgan fingerprint density at radius 2 is 2.00 bits per heavy atom. The topological polar surface area (TPSA) is 41.5 Å². The second kappa shape index (κ2) is 6.43. The molecule has 0 saturated heterocycles. The number of ether oxygens (including phenoxy) is 1. The fourth-order valence-electron chi connectivity index (χ4n) is 1.57. The molecule has 0 saturated carbocycles. The van der Waals surface area contributed by atoms with Gasteiger partial charge in [-0.05, 0) is 38.1 Å². The Kier molecular flexibility index (Phi) is 5.15. The van der Waals surface area contributed by atoms with E-state index in [1.807, 2.05) is 38.2 Å². The van der Waals surface area contributed by atoms with E-state index in [1.165, 1.54) is 5.56 Å². The molecule has 84 valence electrons. The molecule has 0 aliphatic rings. The van der Waals surface area contributed by atoms with E-state index in [0.717, 1.165) is 12.2 Å². The molecule has 0 radical (unpaired) electrons. The van der Waals surface area contributed by atoms with Gasteiger partial charge in [0.1, 0.15) is 5.75 Å². The lowest BCUT2D eigenvalue weighted by atomic mass is 10.0. The summed E-state index contributed by atoms with van der Waals surface area (Å²) in [5.41, 5.74) is 1.18. The lowest BCUT2D eigenvalue weighted by molar-refractivity contribution is 0.268. The molecule has 0 aromatic heterocycles. The molecule has 0 amide bonds. The van der Waals surface area contributed by atoms with Gasteiger partial charge in [-0.3, -0.25) is 0 Å². The maximum absolute atomic E-state index is 8.90. The number of hydrogen-bond donors (Lipinski definition) is 2. The van der Waals surface area contributed by atoms with Crippen LogP contribution < -0.4 is 10.1 Å². The van der Waals surface area contributed by atoms with E-state index in [0.29, 0.717) is 6.61 Å². The largest absolute Gasteiger partial charge is 0.494 e. The standard InChI is InChI=1S/C12H19NO2/c1-3-15-11-6-4-10(5-7-11)12(13-2)8-9-14/h4-7,12-14H,3,8-9H2,1-2H3. The van der Waals surface area contributed by atoms with E-state index in [4.69, 9.17) is 9.84 Å². The molecule has 0 aliphatic carbocycles. The van der Waals surface area contributed by atoms with Crippen molar-refractivity contribution in [3.05, 3.63) is 29.8 Å². The minimum atomic E-state index is 0.193. The van der Waals surface area contributed by atoms with Crippen molar-refractivity contribution < 1.29 is 9.84 Å². The minimum Gasteiger partial charge on any atom is -0.494 e. The molecule has 1 rings (SSSR count). The Bertz CT molecular complexity index is 271. The van der Waals surface area contributed by atoms with Gasteiger partial charge in [0.05, 0.1) is 6.61 Å². The van der Waals surface area contributed by atoms with Crippen LogP contribution in [-0.4, -0.2) is 25.4 Å². The molecule has 3 nitrogen and oxygen atoms in total. The Labute approximate surface area is 91.1 Å². The number of aliphatic hydroxyl groups excluding tert-OH is 1. The third kappa shape index (κ3) is 3.53. The van der Waals surface area contributed by atoms with Crippen molar-refractivity contribution in [1.82, 2.24) is 5.32 Å². The van der Waals surface area contributed by atoms with Gasteiger partial charge in [0.2, 0.25) is 0 Å². The minimum absolute atomic E-state index is 0.193. The van der Waals surface area contributed by atoms with Crippen molar-refractivity contribution in [2.75, 3.05) is 20.3 Å². The van der Waals surface area contributed by atoms with Crippen LogP contribution in [0.1, 0.15) is 24.9 Å². The first-order chi connectivity index (χ1) is 7.31. The molecule has 15 heavy (non-hydrogen) atoms. The van der Waals surface area contributed by atoms with Crippen LogP contribution in [0.2, 0.25) is 0 Å². The molecule has 3 heteroatoms. The third-order valence-corrected chi connectivity index (χ3v) is 2.36. The highest BCUT2D eigenvalue weighted by Crippen LogP contribution is 2.19. The zero-order valence-corrected chi connectivity index (χ0v) is 9.36. The van der Waals surface area contributed by atoms with Crippen molar-refractivity contribution in [3.8, 4) is 5.75 Å². The number of benzene rings is 1. The molecule has 0 bridgehead atoms. The summed E-state index contributed by atoms with van der Waals surface area (Å²) < 4.78 is 5.36. The second-order valence-corrected chi connectivity index (χ2v) is 3.36. The quantitative estimate of drug-likeness (QED) is 0.749. The maximum atomic E-state index is 8.90. The maximum Gasteiger partial charge on any atom is 0.119 e. The highest BCUT2D eigenvalue weighted by molar-refractivity contribution is 5.29. The lowest BCUT2D eigenvalue weighted by Crippen LogP contribution is -2.17. The lowest BCUT2D eigenvalue weighted by Gasteiger charge is -2.15. The van der Waals surface area contributed by atoms with Gasteiger partial charge < -0.3 is 15.2 Å². The van der Waals surface area contributed by atoms with Gasteiger partial charge in [0.15, 0.2) is 0 Å². The van der Waals surface area contributed by atoms with Gasteiger partial charge >= 0.3 is 0 Å². The molecular weight excluding hydrogens is 190 g/mol. The average Bonchev–Trinajstić information content (AvgIpc) is 2.28. The molecule has 1 aromatic rings. The van der Waals surface area contributed by atoms with E-state index < -0.39 is 0 Å². The van der Waals surface area contributed by atoms with Crippen LogP contribution >= 0.6 is 0 Å². The van der Waals surface area contributed by atoms with Crippen molar-refractivity contribution in [2.24, 2.45) is 0 Å². The van der Waals surface area contributed by atoms with Crippen LogP contribution in [0.4, 0.5) is 0 Å². The summed E-state index contributed by atoms with van der Waals surface area (Å²) in [5.74, 6) is 0.889. The van der Waals surface area contributed by atoms with Gasteiger partial charge in [-0.15, -0.1) is 0 Å². The van der Waals surface area contributed by atoms with E-state index in [-0.39, 0.29) is 12.6 Å². The molecular formula is C12H19NO2. The van der Waals surface area contributed by atoms with Crippen molar-refractivity contribution in [3.63, 3.8) is 0 Å². The van der Waals surface area contributed by atoms with Crippen molar-refractivity contribution in [1.29, 1.82) is 0 Å².